The van der Waals surface area contributed by atoms with Crippen molar-refractivity contribution < 1.29 is 4.74 Å². The number of anilines is 1. The molecule has 1 N–H and O–H groups in total. The lowest BCUT2D eigenvalue weighted by molar-refractivity contribution is 0.278. The summed E-state index contributed by atoms with van der Waals surface area (Å²) in [6, 6.07) is 5.71. The van der Waals surface area contributed by atoms with Crippen molar-refractivity contribution in [3.05, 3.63) is 51.8 Å². The minimum absolute atomic E-state index is 0.191. The highest BCUT2D eigenvalue weighted by Crippen LogP contribution is 2.46. The second-order valence-corrected chi connectivity index (χ2v) is 7.41. The average Bonchev–Trinajstić information content (AvgIpc) is 3.18. The third-order valence-corrected chi connectivity index (χ3v) is 5.08. The number of nitrogens with one attached hydrogen (secondary N) is 1. The third-order valence-electron chi connectivity index (χ3n) is 5.08. The molecule has 0 saturated heterocycles. The van der Waals surface area contributed by atoms with Gasteiger partial charge in [0.05, 0.1) is 30.2 Å². The summed E-state index contributed by atoms with van der Waals surface area (Å²) in [7, 11) is 5.44. The van der Waals surface area contributed by atoms with Crippen LogP contribution in [0, 0.1) is 12.8 Å². The van der Waals surface area contributed by atoms with E-state index < -0.39 is 0 Å². The van der Waals surface area contributed by atoms with Crippen molar-refractivity contribution in [2.75, 3.05) is 11.9 Å². The molecule has 0 bridgehead atoms. The fraction of sp³-hybridized carbons (Fsp3) is 0.474. The molecule has 0 spiro atoms. The van der Waals surface area contributed by atoms with E-state index in [1.165, 1.54) is 4.68 Å². The Bertz CT molecular complexity index is 1050. The van der Waals surface area contributed by atoms with E-state index in [1.54, 1.807) is 17.8 Å². The summed E-state index contributed by atoms with van der Waals surface area (Å²) in [4.78, 5) is 12.4. The Morgan fingerprint density at radius 3 is 2.68 bits per heavy atom. The van der Waals surface area contributed by atoms with Gasteiger partial charge >= 0.3 is 0 Å². The summed E-state index contributed by atoms with van der Waals surface area (Å²) in [6.07, 6.45) is 3.02. The molecule has 0 aliphatic heterocycles. The highest BCUT2D eigenvalue weighted by Gasteiger charge is 2.40. The molecule has 9 heteroatoms. The Labute approximate surface area is 162 Å². The zero-order chi connectivity index (χ0) is 19.8. The van der Waals surface area contributed by atoms with Gasteiger partial charge in [-0.05, 0) is 25.5 Å². The number of hydrogen-bond donors (Lipinski definition) is 1. The van der Waals surface area contributed by atoms with Gasteiger partial charge in [0.15, 0.2) is 0 Å². The van der Waals surface area contributed by atoms with E-state index in [2.05, 4.69) is 26.7 Å². The minimum Gasteiger partial charge on any atom is -0.476 e. The van der Waals surface area contributed by atoms with Gasteiger partial charge in [-0.1, -0.05) is 0 Å². The molecule has 1 aliphatic rings. The van der Waals surface area contributed by atoms with Crippen molar-refractivity contribution in [2.45, 2.75) is 25.8 Å². The van der Waals surface area contributed by atoms with Gasteiger partial charge in [-0.15, -0.1) is 5.10 Å². The topological polar surface area (TPSA) is 91.8 Å². The Hall–Kier alpha value is -3.10. The molecule has 3 aromatic rings. The first kappa shape index (κ1) is 18.3. The fourth-order valence-corrected chi connectivity index (χ4v) is 3.41. The van der Waals surface area contributed by atoms with E-state index in [4.69, 9.17) is 4.74 Å². The quantitative estimate of drug-likeness (QED) is 0.662. The molecule has 1 saturated carbocycles. The molecule has 0 aromatic carbocycles. The van der Waals surface area contributed by atoms with E-state index in [-0.39, 0.29) is 5.56 Å². The second-order valence-electron chi connectivity index (χ2n) is 7.41. The van der Waals surface area contributed by atoms with E-state index in [9.17, 15) is 4.79 Å². The van der Waals surface area contributed by atoms with Gasteiger partial charge in [-0.25, -0.2) is 4.68 Å². The molecule has 1 aliphatic carbocycles. The van der Waals surface area contributed by atoms with Gasteiger partial charge in [-0.3, -0.25) is 14.2 Å². The first-order chi connectivity index (χ1) is 13.4. The van der Waals surface area contributed by atoms with Gasteiger partial charge in [0.1, 0.15) is 5.69 Å². The monoisotopic (exact) mass is 383 g/mol. The van der Waals surface area contributed by atoms with Crippen LogP contribution in [0.5, 0.6) is 5.88 Å². The second kappa shape index (κ2) is 7.14. The van der Waals surface area contributed by atoms with Gasteiger partial charge < -0.3 is 10.1 Å². The Morgan fingerprint density at radius 1 is 1.18 bits per heavy atom. The van der Waals surface area contributed by atoms with Crippen LogP contribution in [-0.2, 0) is 27.7 Å². The maximum Gasteiger partial charge on any atom is 0.290 e. The van der Waals surface area contributed by atoms with Crippen LogP contribution in [0.4, 0.5) is 5.69 Å². The van der Waals surface area contributed by atoms with Crippen LogP contribution in [0.1, 0.15) is 29.4 Å². The smallest absolute Gasteiger partial charge is 0.290 e. The lowest BCUT2D eigenvalue weighted by atomic mass is 10.2. The van der Waals surface area contributed by atoms with Crippen molar-refractivity contribution >= 4 is 5.69 Å². The van der Waals surface area contributed by atoms with Crippen molar-refractivity contribution in [2.24, 2.45) is 27.1 Å². The molecule has 4 rings (SSSR count). The minimum atomic E-state index is -0.191. The van der Waals surface area contributed by atoms with Crippen LogP contribution >= 0.6 is 0 Å². The summed E-state index contributed by atoms with van der Waals surface area (Å²) in [5, 5.41) is 16.2. The summed E-state index contributed by atoms with van der Waals surface area (Å²) < 4.78 is 10.8. The standard InChI is InChI=1S/C19H25N7O2/c1-12-7-14(25(3)21-12)10-20-17-9-18(23-26(4)19(17)27)28-11-13-8-15(13)16-5-6-24(2)22-16/h5-7,9,13,15,20H,8,10-11H2,1-4H3/t13-,15+/m1/s1. The summed E-state index contributed by atoms with van der Waals surface area (Å²) >= 11 is 0. The first-order valence-corrected chi connectivity index (χ1v) is 9.35. The molecule has 148 valence electrons. The fourth-order valence-electron chi connectivity index (χ4n) is 3.41. The van der Waals surface area contributed by atoms with E-state index in [0.717, 1.165) is 23.5 Å². The van der Waals surface area contributed by atoms with Crippen molar-refractivity contribution in [3.8, 4) is 5.88 Å². The number of aryl methyl sites for hydroxylation is 4. The molecule has 3 heterocycles. The zero-order valence-electron chi connectivity index (χ0n) is 16.6. The predicted molar refractivity (Wildman–Crippen MR) is 104 cm³/mol. The largest absolute Gasteiger partial charge is 0.476 e. The summed E-state index contributed by atoms with van der Waals surface area (Å²) in [5.41, 5.74) is 3.32. The molecular weight excluding hydrogens is 358 g/mol. The molecular formula is C19H25N7O2. The van der Waals surface area contributed by atoms with E-state index in [1.807, 2.05) is 38.0 Å². The van der Waals surface area contributed by atoms with E-state index >= 15 is 0 Å². The van der Waals surface area contributed by atoms with Gasteiger partial charge in [0.25, 0.3) is 5.56 Å². The van der Waals surface area contributed by atoms with Crippen LogP contribution in [0.15, 0.2) is 29.2 Å². The number of rotatable bonds is 7. The molecule has 0 amide bonds. The SMILES string of the molecule is Cc1cc(CNc2cc(OC[C@H]3C[C@@H]3c3ccn(C)n3)nn(C)c2=O)n(C)n1. The Kier molecular flexibility index (Phi) is 4.66. The van der Waals surface area contributed by atoms with Crippen molar-refractivity contribution in [1.82, 2.24) is 29.3 Å². The van der Waals surface area contributed by atoms with Crippen LogP contribution in [0.2, 0.25) is 0 Å². The average molecular weight is 383 g/mol. The van der Waals surface area contributed by atoms with Crippen molar-refractivity contribution in [1.29, 1.82) is 0 Å². The molecule has 1 fully saturated rings. The highest BCUT2D eigenvalue weighted by molar-refractivity contribution is 5.43. The lowest BCUT2D eigenvalue weighted by Gasteiger charge is -2.10. The number of ether oxygens (including phenoxy) is 1. The summed E-state index contributed by atoms with van der Waals surface area (Å²) in [5.74, 6) is 1.32. The van der Waals surface area contributed by atoms with Gasteiger partial charge in [0.2, 0.25) is 5.88 Å². The molecule has 0 radical (unpaired) electrons. The van der Waals surface area contributed by atoms with Crippen LogP contribution in [0.25, 0.3) is 0 Å². The maximum absolute atomic E-state index is 12.4. The third kappa shape index (κ3) is 3.78. The van der Waals surface area contributed by atoms with Crippen LogP contribution in [0.3, 0.4) is 0 Å². The first-order valence-electron chi connectivity index (χ1n) is 9.35. The molecule has 2 atom stereocenters. The zero-order valence-corrected chi connectivity index (χ0v) is 16.6. The molecule has 3 aromatic heterocycles. The maximum atomic E-state index is 12.4. The molecule has 0 unspecified atom stereocenters. The lowest BCUT2D eigenvalue weighted by Crippen LogP contribution is -2.24. The van der Waals surface area contributed by atoms with Crippen molar-refractivity contribution in [3.63, 3.8) is 0 Å². The van der Waals surface area contributed by atoms with Crippen LogP contribution in [-0.4, -0.2) is 35.9 Å². The van der Waals surface area contributed by atoms with Crippen LogP contribution < -0.4 is 15.6 Å². The number of hydrogen-bond acceptors (Lipinski definition) is 6. The Balaban J connectivity index is 1.39. The molecule has 28 heavy (non-hydrogen) atoms. The number of nitrogens with zero attached hydrogens (tertiary/aromatic N) is 6. The number of aromatic nitrogens is 6. The highest BCUT2D eigenvalue weighted by atomic mass is 16.5. The molecule has 9 nitrogen and oxygen atoms in total. The summed E-state index contributed by atoms with van der Waals surface area (Å²) in [6.45, 7) is 3.00. The Morgan fingerprint density at radius 2 is 2.00 bits per heavy atom. The van der Waals surface area contributed by atoms with Gasteiger partial charge in [0, 0.05) is 45.2 Å². The normalized spacial score (nSPS) is 18.3. The van der Waals surface area contributed by atoms with Gasteiger partial charge in [-0.2, -0.15) is 10.2 Å². The van der Waals surface area contributed by atoms with E-state index in [0.29, 0.717) is 36.6 Å². The predicted octanol–water partition coefficient (Wildman–Crippen LogP) is 1.35.